The summed E-state index contributed by atoms with van der Waals surface area (Å²) >= 11 is 0. The van der Waals surface area contributed by atoms with Crippen molar-refractivity contribution in [2.24, 2.45) is 0 Å². The Hall–Kier alpha value is -1.80. The fraction of sp³-hybridized carbons (Fsp3) is 0.294. The van der Waals surface area contributed by atoms with Crippen LogP contribution in [0.4, 0.5) is 0 Å². The summed E-state index contributed by atoms with van der Waals surface area (Å²) < 4.78 is 27.7. The van der Waals surface area contributed by atoms with Crippen LogP contribution < -0.4 is 10.1 Å². The van der Waals surface area contributed by atoms with Gasteiger partial charge in [-0.15, -0.1) is 0 Å². The van der Waals surface area contributed by atoms with Crippen LogP contribution in [0.1, 0.15) is 27.8 Å². The topological polar surface area (TPSA) is 21.3 Å². The van der Waals surface area contributed by atoms with E-state index in [1.807, 2.05) is 61.5 Å². The Kier molecular flexibility index (Phi) is 3.68. The molecule has 0 aliphatic rings. The molecule has 0 aliphatic carbocycles. The lowest BCUT2D eigenvalue weighted by Crippen LogP contribution is -2.16. The minimum absolute atomic E-state index is 0.182. The van der Waals surface area contributed by atoms with Crippen LogP contribution in [0, 0.1) is 6.92 Å². The zero-order valence-electron chi connectivity index (χ0n) is 14.1. The molecule has 2 rings (SSSR count). The molecule has 1 N–H and O–H groups in total. The molecule has 0 aliphatic heterocycles. The molecule has 0 amide bonds. The number of rotatable bonds is 6. The highest BCUT2D eigenvalue weighted by Gasteiger charge is 2.12. The highest BCUT2D eigenvalue weighted by molar-refractivity contribution is 5.28. The molecule has 100 valence electrons. The van der Waals surface area contributed by atoms with E-state index in [9.17, 15) is 0 Å². The van der Waals surface area contributed by atoms with E-state index in [-0.39, 0.29) is 6.10 Å². The van der Waals surface area contributed by atoms with Crippen molar-refractivity contribution in [3.63, 3.8) is 0 Å². The number of hydrogen-bond acceptors (Lipinski definition) is 2. The lowest BCUT2D eigenvalue weighted by molar-refractivity contribution is 0.195. The number of ether oxygens (including phenoxy) is 1. The molecule has 0 heterocycles. The quantitative estimate of drug-likeness (QED) is 0.852. The Morgan fingerprint density at radius 1 is 1.11 bits per heavy atom. The number of nitrogens with one attached hydrogen (secondary N) is 1. The van der Waals surface area contributed by atoms with E-state index in [0.717, 1.165) is 11.3 Å². The molecular weight excluding hydrogens is 234 g/mol. The highest BCUT2D eigenvalue weighted by Crippen LogP contribution is 2.24. The summed E-state index contributed by atoms with van der Waals surface area (Å²) in [6.45, 7) is 0.270. The maximum absolute atomic E-state index is 7.21. The number of benzene rings is 2. The molecular formula is C17H21NO. The Morgan fingerprint density at radius 3 is 2.53 bits per heavy atom. The summed E-state index contributed by atoms with van der Waals surface area (Å²) in [6.07, 6.45) is 0.398. The zero-order valence-corrected chi connectivity index (χ0v) is 11.1. The second-order valence-electron chi connectivity index (χ2n) is 4.55. The van der Waals surface area contributed by atoms with Gasteiger partial charge in [-0.2, -0.15) is 0 Å². The second kappa shape index (κ2) is 6.95. The van der Waals surface area contributed by atoms with E-state index in [4.69, 9.17) is 8.85 Å². The largest absolute Gasteiger partial charge is 0.486 e. The van der Waals surface area contributed by atoms with Gasteiger partial charge in [0.1, 0.15) is 11.9 Å². The summed E-state index contributed by atoms with van der Waals surface area (Å²) in [5.41, 5.74) is 2.21. The van der Waals surface area contributed by atoms with Crippen molar-refractivity contribution in [2.45, 2.75) is 19.4 Å². The maximum Gasteiger partial charge on any atom is 0.125 e. The van der Waals surface area contributed by atoms with Gasteiger partial charge in [0.05, 0.1) is 0 Å². The van der Waals surface area contributed by atoms with E-state index < -0.39 is 6.98 Å². The molecule has 1 atom stereocenters. The smallest absolute Gasteiger partial charge is 0.125 e. The van der Waals surface area contributed by atoms with Gasteiger partial charge in [0.2, 0.25) is 0 Å². The monoisotopic (exact) mass is 258 g/mol. The van der Waals surface area contributed by atoms with Crippen LogP contribution in [0.15, 0.2) is 54.6 Å². The molecule has 0 saturated heterocycles. The minimum Gasteiger partial charge on any atom is -0.486 e. The average molecular weight is 258 g/mol. The average Bonchev–Trinajstić information content (AvgIpc) is 2.48. The predicted octanol–water partition coefficient (Wildman–Crippen LogP) is 3.72. The van der Waals surface area contributed by atoms with E-state index in [1.165, 1.54) is 5.56 Å². The van der Waals surface area contributed by atoms with Gasteiger partial charge >= 0.3 is 0 Å². The first-order chi connectivity index (χ1) is 10.4. The van der Waals surface area contributed by atoms with Crippen molar-refractivity contribution in [3.8, 4) is 5.75 Å². The maximum atomic E-state index is 7.21. The molecule has 0 radical (unpaired) electrons. The molecule has 0 fully saturated rings. The van der Waals surface area contributed by atoms with Crippen molar-refractivity contribution in [3.05, 3.63) is 65.7 Å². The lowest BCUT2D eigenvalue weighted by Gasteiger charge is -2.19. The Morgan fingerprint density at radius 2 is 1.84 bits per heavy atom. The number of hydrogen-bond donors (Lipinski definition) is 1. The molecule has 0 spiro atoms. The van der Waals surface area contributed by atoms with Crippen LogP contribution in [0.5, 0.6) is 5.75 Å². The van der Waals surface area contributed by atoms with Crippen LogP contribution in [0.25, 0.3) is 0 Å². The van der Waals surface area contributed by atoms with Crippen LogP contribution in [0.3, 0.4) is 0 Å². The van der Waals surface area contributed by atoms with Gasteiger partial charge in [-0.1, -0.05) is 48.0 Å². The standard InChI is InChI=1S/C17H21NO/c1-14-8-10-16(11-9-14)19-17(12-13-18-2)15-6-4-3-5-7-15/h3-11,17-18H,12-13H2,1-2H3/i2D3. The van der Waals surface area contributed by atoms with E-state index in [1.54, 1.807) is 0 Å². The van der Waals surface area contributed by atoms with Crippen LogP contribution >= 0.6 is 0 Å². The van der Waals surface area contributed by atoms with Gasteiger partial charge in [0.15, 0.2) is 0 Å². The van der Waals surface area contributed by atoms with Gasteiger partial charge in [-0.3, -0.25) is 0 Å². The van der Waals surface area contributed by atoms with Gasteiger partial charge in [0, 0.05) is 10.5 Å². The SMILES string of the molecule is [2H]C([2H])([2H])NCCC(Oc1ccc(C)cc1)c1ccccc1. The molecule has 0 aromatic heterocycles. The van der Waals surface area contributed by atoms with Gasteiger partial charge in [-0.05, 0) is 38.1 Å². The van der Waals surface area contributed by atoms with Crippen molar-refractivity contribution in [2.75, 3.05) is 13.5 Å². The summed E-state index contributed by atoms with van der Waals surface area (Å²) in [5, 5.41) is 2.54. The molecule has 0 bridgehead atoms. The molecule has 0 saturated carbocycles. The van der Waals surface area contributed by atoms with Crippen molar-refractivity contribution in [1.29, 1.82) is 0 Å². The third-order valence-corrected chi connectivity index (χ3v) is 3.00. The predicted molar refractivity (Wildman–Crippen MR) is 79.5 cm³/mol. The first-order valence-electron chi connectivity index (χ1n) is 7.97. The molecule has 1 unspecified atom stereocenters. The number of aryl methyl sites for hydroxylation is 1. The molecule has 19 heavy (non-hydrogen) atoms. The minimum atomic E-state index is -2.12. The summed E-state index contributed by atoms with van der Waals surface area (Å²) in [4.78, 5) is 0. The fourth-order valence-corrected chi connectivity index (χ4v) is 1.95. The van der Waals surface area contributed by atoms with Crippen LogP contribution in [-0.4, -0.2) is 13.5 Å². The molecule has 2 nitrogen and oxygen atoms in total. The fourth-order valence-electron chi connectivity index (χ4n) is 1.95. The Balaban J connectivity index is 2.06. The van der Waals surface area contributed by atoms with E-state index in [0.29, 0.717) is 13.0 Å². The van der Waals surface area contributed by atoms with Crippen molar-refractivity contribution < 1.29 is 8.85 Å². The summed E-state index contributed by atoms with van der Waals surface area (Å²) in [5.74, 6) is 0.785. The normalized spacial score (nSPS) is 15.1. The van der Waals surface area contributed by atoms with Gasteiger partial charge < -0.3 is 10.1 Å². The summed E-state index contributed by atoms with van der Waals surface area (Å²) in [7, 11) is 0. The lowest BCUT2D eigenvalue weighted by atomic mass is 10.1. The first kappa shape index (κ1) is 10.0. The van der Waals surface area contributed by atoms with E-state index >= 15 is 0 Å². The Bertz CT molecular complexity index is 567. The molecule has 2 aromatic rings. The van der Waals surface area contributed by atoms with Gasteiger partial charge in [-0.25, -0.2) is 0 Å². The van der Waals surface area contributed by atoms with Crippen LogP contribution in [0.2, 0.25) is 0 Å². The zero-order chi connectivity index (χ0) is 16.0. The van der Waals surface area contributed by atoms with Gasteiger partial charge in [0.25, 0.3) is 0 Å². The Labute approximate surface area is 119 Å². The van der Waals surface area contributed by atoms with Crippen LogP contribution in [-0.2, 0) is 0 Å². The third-order valence-electron chi connectivity index (χ3n) is 3.00. The van der Waals surface area contributed by atoms with E-state index in [2.05, 4.69) is 5.32 Å². The van der Waals surface area contributed by atoms with Crippen molar-refractivity contribution >= 4 is 0 Å². The van der Waals surface area contributed by atoms with Crippen molar-refractivity contribution in [1.82, 2.24) is 5.32 Å². The highest BCUT2D eigenvalue weighted by atomic mass is 16.5. The molecule has 2 aromatic carbocycles. The molecule has 2 heteroatoms. The first-order valence-corrected chi connectivity index (χ1v) is 6.47. The second-order valence-corrected chi connectivity index (χ2v) is 4.55. The summed E-state index contributed by atoms with van der Waals surface area (Å²) in [6, 6.07) is 17.7. The third kappa shape index (κ3) is 4.11.